The molecule has 34 heavy (non-hydrogen) atoms. The first kappa shape index (κ1) is 22.2. The van der Waals surface area contributed by atoms with Crippen molar-refractivity contribution in [2.45, 2.75) is 46.0 Å². The normalized spacial score (nSPS) is 13.8. The number of nitrogens with zero attached hydrogens (tertiary/aromatic N) is 2. The van der Waals surface area contributed by atoms with E-state index in [4.69, 9.17) is 0 Å². The van der Waals surface area contributed by atoms with Gasteiger partial charge in [-0.3, -0.25) is 0 Å². The van der Waals surface area contributed by atoms with Crippen molar-refractivity contribution in [3.8, 4) is 11.3 Å². The molecule has 0 unspecified atom stereocenters. The summed E-state index contributed by atoms with van der Waals surface area (Å²) in [5.41, 5.74) is 11.0. The first-order valence-electron chi connectivity index (χ1n) is 12.3. The van der Waals surface area contributed by atoms with Gasteiger partial charge in [0.2, 0.25) is 5.69 Å². The fraction of sp³-hybridized carbons (Fsp3) is 0.219. The minimum Gasteiger partial charge on any atom is -0.310 e. The maximum atomic E-state index is 4.57. The molecule has 0 saturated heterocycles. The second-order valence-corrected chi connectivity index (χ2v) is 9.43. The van der Waals surface area contributed by atoms with Crippen LogP contribution < -0.4 is 9.47 Å². The van der Waals surface area contributed by atoms with Gasteiger partial charge in [-0.2, -0.15) is 4.57 Å². The van der Waals surface area contributed by atoms with Crippen LogP contribution in [0.1, 0.15) is 43.4 Å². The van der Waals surface area contributed by atoms with Crippen molar-refractivity contribution in [1.82, 2.24) is 0 Å². The molecule has 1 aromatic heterocycles. The number of benzene rings is 3. The van der Waals surface area contributed by atoms with Gasteiger partial charge in [-0.15, -0.1) is 0 Å². The maximum absolute atomic E-state index is 4.57. The van der Waals surface area contributed by atoms with E-state index in [1.54, 1.807) is 0 Å². The van der Waals surface area contributed by atoms with Gasteiger partial charge in [0.25, 0.3) is 0 Å². The average molecular weight is 446 g/mol. The number of anilines is 3. The van der Waals surface area contributed by atoms with Crippen LogP contribution in [0.5, 0.6) is 0 Å². The quantitative estimate of drug-likeness (QED) is 0.280. The molecule has 2 heteroatoms. The fourth-order valence-electron chi connectivity index (χ4n) is 5.46. The standard InChI is InChI=1S/C32H33N2/c1-6-32(7-2)25(5)33-21-9-8-10-31(33)29-22-28(19-20-30(29)32)34(26-15-11-23(3)12-16-26)27-17-13-24(4)14-18-27/h8-22H,5-7H2,1-4H3/q+1. The van der Waals surface area contributed by atoms with Gasteiger partial charge >= 0.3 is 0 Å². The largest absolute Gasteiger partial charge is 0.310 e. The monoisotopic (exact) mass is 445 g/mol. The van der Waals surface area contributed by atoms with Gasteiger partial charge in [0, 0.05) is 29.2 Å². The lowest BCUT2D eigenvalue weighted by atomic mass is 9.69. The van der Waals surface area contributed by atoms with Crippen molar-refractivity contribution in [2.75, 3.05) is 4.90 Å². The van der Waals surface area contributed by atoms with E-state index in [9.17, 15) is 0 Å². The van der Waals surface area contributed by atoms with Crippen LogP contribution in [0, 0.1) is 13.8 Å². The lowest BCUT2D eigenvalue weighted by Crippen LogP contribution is -2.48. The SMILES string of the molecule is C=C1[n+]2ccccc2-c2cc(N(c3ccc(C)cc3)c3ccc(C)cc3)ccc2C1(CC)CC. The third kappa shape index (κ3) is 3.45. The van der Waals surface area contributed by atoms with E-state index in [1.165, 1.54) is 33.6 Å². The predicted octanol–water partition coefficient (Wildman–Crippen LogP) is 8.27. The summed E-state index contributed by atoms with van der Waals surface area (Å²) in [7, 11) is 0. The highest BCUT2D eigenvalue weighted by atomic mass is 15.1. The van der Waals surface area contributed by atoms with E-state index >= 15 is 0 Å². The van der Waals surface area contributed by atoms with Gasteiger partial charge in [0.05, 0.1) is 11.0 Å². The van der Waals surface area contributed by atoms with Crippen LogP contribution in [0.25, 0.3) is 17.0 Å². The third-order valence-electron chi connectivity index (χ3n) is 7.55. The molecular formula is C32H33N2+. The van der Waals surface area contributed by atoms with Gasteiger partial charge < -0.3 is 4.90 Å². The Hall–Kier alpha value is -3.65. The summed E-state index contributed by atoms with van der Waals surface area (Å²) in [4.78, 5) is 2.36. The van der Waals surface area contributed by atoms with Crippen LogP contribution in [0.2, 0.25) is 0 Å². The Morgan fingerprint density at radius 1 is 0.735 bits per heavy atom. The molecular weight excluding hydrogens is 412 g/mol. The first-order chi connectivity index (χ1) is 16.5. The van der Waals surface area contributed by atoms with Gasteiger partial charge in [-0.25, -0.2) is 0 Å². The smallest absolute Gasteiger partial charge is 0.218 e. The molecule has 0 bridgehead atoms. The summed E-state index contributed by atoms with van der Waals surface area (Å²) in [5.74, 6) is 0. The molecule has 3 aromatic carbocycles. The van der Waals surface area contributed by atoms with E-state index in [-0.39, 0.29) is 5.41 Å². The van der Waals surface area contributed by atoms with Gasteiger partial charge in [0.15, 0.2) is 11.9 Å². The molecule has 2 heterocycles. The van der Waals surface area contributed by atoms with Crippen molar-refractivity contribution in [3.05, 3.63) is 114 Å². The summed E-state index contributed by atoms with van der Waals surface area (Å²) in [5, 5.41) is 0. The molecule has 2 nitrogen and oxygen atoms in total. The Bertz CT molecular complexity index is 1300. The lowest BCUT2D eigenvalue weighted by molar-refractivity contribution is -0.577. The van der Waals surface area contributed by atoms with Crippen LogP contribution in [-0.4, -0.2) is 0 Å². The van der Waals surface area contributed by atoms with Gasteiger partial charge in [-0.1, -0.05) is 55.3 Å². The molecule has 0 atom stereocenters. The lowest BCUT2D eigenvalue weighted by Gasteiger charge is -2.36. The van der Waals surface area contributed by atoms with Crippen LogP contribution in [0.3, 0.4) is 0 Å². The van der Waals surface area contributed by atoms with E-state index in [1.807, 2.05) is 0 Å². The summed E-state index contributed by atoms with van der Waals surface area (Å²) < 4.78 is 2.29. The summed E-state index contributed by atoms with van der Waals surface area (Å²) >= 11 is 0. The zero-order valence-electron chi connectivity index (χ0n) is 20.7. The van der Waals surface area contributed by atoms with Crippen molar-refractivity contribution >= 4 is 22.8 Å². The Labute approximate surface area is 203 Å². The predicted molar refractivity (Wildman–Crippen MR) is 144 cm³/mol. The second kappa shape index (κ2) is 8.61. The van der Waals surface area contributed by atoms with E-state index < -0.39 is 0 Å². The fourth-order valence-corrected chi connectivity index (χ4v) is 5.46. The number of aryl methyl sites for hydroxylation is 2. The minimum atomic E-state index is -0.0641. The number of aromatic nitrogens is 1. The van der Waals surface area contributed by atoms with Crippen molar-refractivity contribution in [2.24, 2.45) is 0 Å². The molecule has 0 fully saturated rings. The Kier molecular flexibility index (Phi) is 5.61. The summed E-state index contributed by atoms with van der Waals surface area (Å²) in [6.45, 7) is 13.4. The number of allylic oxidation sites excluding steroid dienone is 1. The van der Waals surface area contributed by atoms with Crippen LogP contribution >= 0.6 is 0 Å². The topological polar surface area (TPSA) is 7.12 Å². The van der Waals surface area contributed by atoms with E-state index in [0.717, 1.165) is 29.9 Å². The second-order valence-electron chi connectivity index (χ2n) is 9.43. The Balaban J connectivity index is 1.75. The Morgan fingerprint density at radius 3 is 1.85 bits per heavy atom. The van der Waals surface area contributed by atoms with E-state index in [2.05, 4.69) is 135 Å². The van der Waals surface area contributed by atoms with Crippen LogP contribution in [0.15, 0.2) is 97.7 Å². The van der Waals surface area contributed by atoms with Crippen molar-refractivity contribution < 1.29 is 4.57 Å². The maximum Gasteiger partial charge on any atom is 0.218 e. The average Bonchev–Trinajstić information content (AvgIpc) is 2.87. The third-order valence-corrected chi connectivity index (χ3v) is 7.55. The molecule has 0 saturated carbocycles. The first-order valence-corrected chi connectivity index (χ1v) is 12.3. The molecule has 0 aliphatic carbocycles. The van der Waals surface area contributed by atoms with Crippen LogP contribution in [-0.2, 0) is 5.41 Å². The highest BCUT2D eigenvalue weighted by Crippen LogP contribution is 2.48. The van der Waals surface area contributed by atoms with Crippen molar-refractivity contribution in [3.63, 3.8) is 0 Å². The zero-order valence-corrected chi connectivity index (χ0v) is 20.7. The van der Waals surface area contributed by atoms with Crippen LogP contribution in [0.4, 0.5) is 17.1 Å². The molecule has 5 rings (SSSR count). The molecule has 4 aromatic rings. The molecule has 0 N–H and O–H groups in total. The zero-order chi connectivity index (χ0) is 23.9. The Morgan fingerprint density at radius 2 is 1.29 bits per heavy atom. The number of pyridine rings is 1. The number of hydrogen-bond acceptors (Lipinski definition) is 1. The summed E-state index contributed by atoms with van der Waals surface area (Å²) in [6.07, 6.45) is 4.20. The number of rotatable bonds is 5. The summed E-state index contributed by atoms with van der Waals surface area (Å²) in [6, 6.07) is 31.0. The van der Waals surface area contributed by atoms with Gasteiger partial charge in [0.1, 0.15) is 0 Å². The molecule has 0 radical (unpaired) electrons. The minimum absolute atomic E-state index is 0.0641. The van der Waals surface area contributed by atoms with E-state index in [0.29, 0.717) is 0 Å². The number of hydrogen-bond donors (Lipinski definition) is 0. The molecule has 1 aliphatic heterocycles. The number of fused-ring (bicyclic) bond motifs is 3. The molecule has 0 spiro atoms. The van der Waals surface area contributed by atoms with Crippen molar-refractivity contribution in [1.29, 1.82) is 0 Å². The molecule has 170 valence electrons. The van der Waals surface area contributed by atoms with Gasteiger partial charge in [-0.05, 0) is 81.3 Å². The highest BCUT2D eigenvalue weighted by Gasteiger charge is 2.45. The molecule has 1 aliphatic rings. The molecule has 0 amide bonds. The highest BCUT2D eigenvalue weighted by molar-refractivity contribution is 5.82.